The fourth-order valence-electron chi connectivity index (χ4n) is 2.62. The van der Waals surface area contributed by atoms with E-state index in [1.54, 1.807) is 49.9 Å². The highest BCUT2D eigenvalue weighted by molar-refractivity contribution is 9.10. The summed E-state index contributed by atoms with van der Waals surface area (Å²) in [5.41, 5.74) is 0. The molecule has 2 amide bonds. The van der Waals surface area contributed by atoms with Crippen LogP contribution in [0.2, 0.25) is 0 Å². The predicted octanol–water partition coefficient (Wildman–Crippen LogP) is 1.44. The van der Waals surface area contributed by atoms with Crippen molar-refractivity contribution in [2.45, 2.75) is 31.7 Å². The van der Waals surface area contributed by atoms with Crippen LogP contribution in [0.4, 0.5) is 0 Å². The Morgan fingerprint density at radius 3 is 2.08 bits per heavy atom. The minimum absolute atomic E-state index is 0.178. The third-order valence-electron chi connectivity index (χ3n) is 4.26. The van der Waals surface area contributed by atoms with Crippen LogP contribution in [0.25, 0.3) is 0 Å². The van der Waals surface area contributed by atoms with Crippen LogP contribution in [0.15, 0.2) is 33.6 Å². The van der Waals surface area contributed by atoms with Gasteiger partial charge in [0.2, 0.25) is 21.8 Å². The molecule has 1 aliphatic rings. The zero-order chi connectivity index (χ0) is 19.5. The predicted molar refractivity (Wildman–Crippen MR) is 102 cm³/mol. The molecule has 0 bridgehead atoms. The summed E-state index contributed by atoms with van der Waals surface area (Å²) in [4.78, 5) is 26.0. The first kappa shape index (κ1) is 20.9. The number of benzene rings is 1. The molecular weight excluding hydrogens is 422 g/mol. The van der Waals surface area contributed by atoms with E-state index in [1.165, 1.54) is 4.31 Å². The van der Waals surface area contributed by atoms with E-state index < -0.39 is 16.1 Å². The average Bonchev–Trinajstić information content (AvgIpc) is 2.61. The van der Waals surface area contributed by atoms with Crippen molar-refractivity contribution in [2.24, 2.45) is 5.92 Å². The molecule has 0 radical (unpaired) electrons. The van der Waals surface area contributed by atoms with Gasteiger partial charge in [0.15, 0.2) is 0 Å². The lowest BCUT2D eigenvalue weighted by molar-refractivity contribution is -0.137. The minimum atomic E-state index is -3.57. The Morgan fingerprint density at radius 1 is 1.04 bits per heavy atom. The number of hydrogen-bond donors (Lipinski definition) is 1. The SMILES string of the molecule is CC(C)C(=O)N[C@H](C)C(=O)N1CCN(S(=O)(=O)c2ccc(Br)cc2)CC1. The lowest BCUT2D eigenvalue weighted by Crippen LogP contribution is -2.55. The molecular formula is C17H24BrN3O4S. The first-order valence-corrected chi connectivity index (χ1v) is 10.7. The first-order chi connectivity index (χ1) is 12.1. The standard InChI is InChI=1S/C17H24BrN3O4S/c1-12(2)16(22)19-13(3)17(23)20-8-10-21(11-9-20)26(24,25)15-6-4-14(18)5-7-15/h4-7,12-13H,8-11H2,1-3H3,(H,19,22)/t13-/m1/s1. The van der Waals surface area contributed by atoms with E-state index in [0.29, 0.717) is 13.1 Å². The maximum absolute atomic E-state index is 12.7. The van der Waals surface area contributed by atoms with E-state index >= 15 is 0 Å². The summed E-state index contributed by atoms with van der Waals surface area (Å²) in [6, 6.07) is 5.86. The van der Waals surface area contributed by atoms with E-state index in [4.69, 9.17) is 0 Å². The van der Waals surface area contributed by atoms with Crippen LogP contribution in [0, 0.1) is 5.92 Å². The summed E-state index contributed by atoms with van der Waals surface area (Å²) in [6.07, 6.45) is 0. The van der Waals surface area contributed by atoms with E-state index in [2.05, 4.69) is 21.2 Å². The maximum Gasteiger partial charge on any atom is 0.244 e. The van der Waals surface area contributed by atoms with E-state index in [1.807, 2.05) is 0 Å². The van der Waals surface area contributed by atoms with Crippen molar-refractivity contribution < 1.29 is 18.0 Å². The van der Waals surface area contributed by atoms with Gasteiger partial charge in [0.1, 0.15) is 6.04 Å². The molecule has 0 saturated carbocycles. The lowest BCUT2D eigenvalue weighted by atomic mass is 10.2. The summed E-state index contributed by atoms with van der Waals surface area (Å²) in [6.45, 7) is 6.24. The second-order valence-corrected chi connectivity index (χ2v) is 9.42. The molecule has 26 heavy (non-hydrogen) atoms. The molecule has 0 aromatic heterocycles. The van der Waals surface area contributed by atoms with Gasteiger partial charge in [-0.15, -0.1) is 0 Å². The molecule has 1 fully saturated rings. The number of rotatable bonds is 5. The van der Waals surface area contributed by atoms with Gasteiger partial charge in [-0.2, -0.15) is 4.31 Å². The number of carbonyl (C=O) groups is 2. The Balaban J connectivity index is 1.97. The number of carbonyl (C=O) groups excluding carboxylic acids is 2. The fourth-order valence-corrected chi connectivity index (χ4v) is 4.31. The summed E-state index contributed by atoms with van der Waals surface area (Å²) < 4.78 is 27.6. The molecule has 0 spiro atoms. The third kappa shape index (κ3) is 4.83. The molecule has 1 aliphatic heterocycles. The van der Waals surface area contributed by atoms with Crippen LogP contribution in [0.1, 0.15) is 20.8 Å². The molecule has 1 saturated heterocycles. The van der Waals surface area contributed by atoms with Crippen molar-refractivity contribution in [1.82, 2.24) is 14.5 Å². The Labute approximate surface area is 162 Å². The third-order valence-corrected chi connectivity index (χ3v) is 6.70. The quantitative estimate of drug-likeness (QED) is 0.742. The highest BCUT2D eigenvalue weighted by Gasteiger charge is 2.31. The van der Waals surface area contributed by atoms with Gasteiger partial charge in [-0.25, -0.2) is 8.42 Å². The van der Waals surface area contributed by atoms with Gasteiger partial charge in [-0.1, -0.05) is 29.8 Å². The number of sulfonamides is 1. The number of nitrogens with one attached hydrogen (secondary N) is 1. The fraction of sp³-hybridized carbons (Fsp3) is 0.529. The molecule has 1 N–H and O–H groups in total. The Kier molecular flexibility index (Phi) is 6.81. The smallest absolute Gasteiger partial charge is 0.244 e. The van der Waals surface area contributed by atoms with Crippen molar-refractivity contribution in [3.05, 3.63) is 28.7 Å². The lowest BCUT2D eigenvalue weighted by Gasteiger charge is -2.35. The van der Waals surface area contributed by atoms with Crippen LogP contribution >= 0.6 is 15.9 Å². The van der Waals surface area contributed by atoms with Gasteiger partial charge in [0.25, 0.3) is 0 Å². The molecule has 144 valence electrons. The zero-order valence-electron chi connectivity index (χ0n) is 15.1. The number of piperazine rings is 1. The van der Waals surface area contributed by atoms with Crippen LogP contribution in [0.5, 0.6) is 0 Å². The van der Waals surface area contributed by atoms with Crippen LogP contribution in [-0.4, -0.2) is 61.7 Å². The van der Waals surface area contributed by atoms with Gasteiger partial charge in [0, 0.05) is 36.6 Å². The molecule has 0 aliphatic carbocycles. The second kappa shape index (κ2) is 8.49. The number of hydrogen-bond acceptors (Lipinski definition) is 4. The summed E-state index contributed by atoms with van der Waals surface area (Å²) in [5.74, 6) is -0.569. The monoisotopic (exact) mass is 445 g/mol. The highest BCUT2D eigenvalue weighted by atomic mass is 79.9. The Hall–Kier alpha value is -1.45. The summed E-state index contributed by atoms with van der Waals surface area (Å²) >= 11 is 3.29. The molecule has 1 atom stereocenters. The van der Waals surface area contributed by atoms with E-state index in [9.17, 15) is 18.0 Å². The van der Waals surface area contributed by atoms with Gasteiger partial charge < -0.3 is 10.2 Å². The van der Waals surface area contributed by atoms with Crippen LogP contribution in [0.3, 0.4) is 0 Å². The molecule has 0 unspecified atom stereocenters. The molecule has 7 nitrogen and oxygen atoms in total. The van der Waals surface area contributed by atoms with E-state index in [0.717, 1.165) is 4.47 Å². The first-order valence-electron chi connectivity index (χ1n) is 8.48. The van der Waals surface area contributed by atoms with Crippen molar-refractivity contribution in [2.75, 3.05) is 26.2 Å². The normalized spacial score (nSPS) is 17.2. The molecule has 1 aromatic rings. The van der Waals surface area contributed by atoms with Crippen molar-refractivity contribution in [3.63, 3.8) is 0 Å². The van der Waals surface area contributed by atoms with Gasteiger partial charge >= 0.3 is 0 Å². The number of amides is 2. The summed E-state index contributed by atoms with van der Waals surface area (Å²) in [7, 11) is -3.57. The molecule has 9 heteroatoms. The Morgan fingerprint density at radius 2 is 1.58 bits per heavy atom. The van der Waals surface area contributed by atoms with Crippen LogP contribution < -0.4 is 5.32 Å². The van der Waals surface area contributed by atoms with Gasteiger partial charge in [-0.05, 0) is 31.2 Å². The van der Waals surface area contributed by atoms with Crippen molar-refractivity contribution in [1.29, 1.82) is 0 Å². The van der Waals surface area contributed by atoms with E-state index in [-0.39, 0.29) is 35.7 Å². The number of halogens is 1. The average molecular weight is 446 g/mol. The van der Waals surface area contributed by atoms with Gasteiger partial charge in [-0.3, -0.25) is 9.59 Å². The largest absolute Gasteiger partial charge is 0.344 e. The summed E-state index contributed by atoms with van der Waals surface area (Å²) in [5, 5.41) is 2.68. The van der Waals surface area contributed by atoms with Crippen molar-refractivity contribution >= 4 is 37.8 Å². The zero-order valence-corrected chi connectivity index (χ0v) is 17.5. The highest BCUT2D eigenvalue weighted by Crippen LogP contribution is 2.20. The minimum Gasteiger partial charge on any atom is -0.344 e. The van der Waals surface area contributed by atoms with Crippen LogP contribution in [-0.2, 0) is 19.6 Å². The molecule has 1 heterocycles. The molecule has 1 aromatic carbocycles. The molecule has 2 rings (SSSR count). The topological polar surface area (TPSA) is 86.8 Å². The Bertz CT molecular complexity index is 757. The maximum atomic E-state index is 12.7. The second-order valence-electron chi connectivity index (χ2n) is 6.57. The van der Waals surface area contributed by atoms with Gasteiger partial charge in [0.05, 0.1) is 4.90 Å². The van der Waals surface area contributed by atoms with Crippen molar-refractivity contribution in [3.8, 4) is 0 Å². The number of nitrogens with zero attached hydrogens (tertiary/aromatic N) is 2.